The Morgan fingerprint density at radius 1 is 0.604 bits per heavy atom. The molecule has 2 fully saturated rings. The molecule has 14 heteroatoms. The van der Waals surface area contributed by atoms with Crippen LogP contribution in [0.1, 0.15) is 99.8 Å². The number of carbonyl (C=O) groups is 4. The predicted molar refractivity (Wildman–Crippen MR) is 186 cm³/mol. The van der Waals surface area contributed by atoms with Crippen LogP contribution in [0.25, 0.3) is 0 Å². The molecule has 0 N–H and O–H groups in total. The van der Waals surface area contributed by atoms with Crippen LogP contribution in [0, 0.1) is 22.7 Å². The first kappa shape index (κ1) is 38.9. The molecule has 0 amide bonds. The van der Waals surface area contributed by atoms with Crippen molar-refractivity contribution in [1.29, 1.82) is 0 Å². The Morgan fingerprint density at radius 3 is 1.23 bits per heavy atom. The monoisotopic (exact) mass is 782 g/mol. The highest BCUT2D eigenvalue weighted by atomic mass is 35.5. The summed E-state index contributed by atoms with van der Waals surface area (Å²) in [5.74, 6) is -5.35. The molecule has 0 radical (unpaired) electrons. The molecule has 2 aliphatic carbocycles. The number of hydrogen-bond donors (Lipinski definition) is 0. The lowest BCUT2D eigenvalue weighted by Gasteiger charge is -2.18. The second-order valence-corrected chi connectivity index (χ2v) is 15.8. The van der Waals surface area contributed by atoms with Gasteiger partial charge >= 0.3 is 23.9 Å². The summed E-state index contributed by atoms with van der Waals surface area (Å²) in [6, 6.07) is 2.27. The Kier molecular flexibility index (Phi) is 12.9. The maximum Gasteiger partial charge on any atom is 0.423 e. The lowest BCUT2D eigenvalue weighted by Crippen LogP contribution is -2.27. The van der Waals surface area contributed by atoms with Gasteiger partial charge in [-0.15, -0.1) is 0 Å². The minimum Gasteiger partial charge on any atom is -0.462 e. The van der Waals surface area contributed by atoms with Crippen LogP contribution in [0.3, 0.4) is 0 Å². The second-order valence-electron chi connectivity index (χ2n) is 13.5. The van der Waals surface area contributed by atoms with Gasteiger partial charge in [0.15, 0.2) is 11.5 Å². The van der Waals surface area contributed by atoms with Gasteiger partial charge < -0.3 is 18.9 Å². The van der Waals surface area contributed by atoms with E-state index in [1.54, 1.807) is 0 Å². The Labute approximate surface area is 309 Å². The highest BCUT2D eigenvalue weighted by Crippen LogP contribution is 2.54. The van der Waals surface area contributed by atoms with Gasteiger partial charge in [0.1, 0.15) is 11.1 Å². The number of halogens is 6. The number of hydrogen-bond acceptors (Lipinski definition) is 8. The van der Waals surface area contributed by atoms with E-state index in [0.29, 0.717) is 24.7 Å². The molecule has 2 saturated carbocycles. The molecule has 2 aromatic carbocycles. The third kappa shape index (κ3) is 9.64. The molecular weight excluding hydrogens is 749 g/mol. The predicted octanol–water partition coefficient (Wildman–Crippen LogP) is 10.9. The molecule has 0 bridgehead atoms. The fraction of sp³-hybridized carbons (Fsp3) is 0.529. The van der Waals surface area contributed by atoms with Gasteiger partial charge in [0.05, 0.1) is 43.3 Å². The first-order valence-corrected chi connectivity index (χ1v) is 17.9. The first-order chi connectivity index (χ1) is 22.5. The third-order valence-electron chi connectivity index (χ3n) is 8.55. The molecular formula is C34H36Cl6O8. The summed E-state index contributed by atoms with van der Waals surface area (Å²) >= 11 is 37.5. The zero-order valence-electron chi connectivity index (χ0n) is 26.9. The molecule has 0 unspecified atom stereocenters. The highest BCUT2D eigenvalue weighted by molar-refractivity contribution is 6.47. The fourth-order valence-corrected chi connectivity index (χ4v) is 7.49. The van der Waals surface area contributed by atoms with Gasteiger partial charge in [0, 0.05) is 0 Å². The van der Waals surface area contributed by atoms with Gasteiger partial charge in [-0.3, -0.25) is 0 Å². The van der Waals surface area contributed by atoms with Gasteiger partial charge in [0.2, 0.25) is 0 Å². The molecule has 0 spiro atoms. The van der Waals surface area contributed by atoms with Crippen molar-refractivity contribution in [2.24, 2.45) is 22.7 Å². The van der Waals surface area contributed by atoms with Crippen LogP contribution in [-0.2, 0) is 19.1 Å². The molecule has 262 valence electrons. The average Bonchev–Trinajstić information content (AvgIpc) is 3.92. The van der Waals surface area contributed by atoms with Crippen LogP contribution in [0.2, 0.25) is 30.1 Å². The molecule has 4 rings (SSSR count). The van der Waals surface area contributed by atoms with Gasteiger partial charge in [-0.2, -0.15) is 0 Å². The van der Waals surface area contributed by atoms with E-state index in [-0.39, 0.29) is 54.2 Å². The number of ether oxygens (including phenoxy) is 4. The van der Waals surface area contributed by atoms with E-state index in [9.17, 15) is 19.2 Å². The van der Waals surface area contributed by atoms with Gasteiger partial charge in [-0.25, -0.2) is 19.2 Å². The third-order valence-corrected chi connectivity index (χ3v) is 10.7. The van der Waals surface area contributed by atoms with Crippen molar-refractivity contribution >= 4 is 93.5 Å². The van der Waals surface area contributed by atoms with E-state index in [1.165, 1.54) is 0 Å². The van der Waals surface area contributed by atoms with Crippen LogP contribution >= 0.6 is 69.6 Å². The summed E-state index contributed by atoms with van der Waals surface area (Å²) in [4.78, 5) is 52.4. The molecule has 8 nitrogen and oxygen atoms in total. The number of rotatable bonds is 14. The molecule has 48 heavy (non-hydrogen) atoms. The standard InChI is InChI=1S/C34H36Cl6O8/c1-17(2)15-33(5-6-33)9-11-45-29(41)23-25(39)19(35)13-21(37)27(23)47-31(43)32(44)48-28-22(38)14-20(36)26(40)24(28)30(42)46-12-10-34(7-8-34)16-18(3)4/h13-14,17-18H,5-12,15-16H2,1-4H3. The molecule has 0 aromatic heterocycles. The minimum atomic E-state index is -1.64. The summed E-state index contributed by atoms with van der Waals surface area (Å²) in [5.41, 5.74) is -0.667. The Balaban J connectivity index is 1.49. The number of esters is 4. The lowest BCUT2D eigenvalue weighted by atomic mass is 9.91. The van der Waals surface area contributed by atoms with Crippen LogP contribution in [0.5, 0.6) is 11.5 Å². The van der Waals surface area contributed by atoms with E-state index < -0.39 is 46.5 Å². The first-order valence-electron chi connectivity index (χ1n) is 15.6. The average molecular weight is 785 g/mol. The molecule has 0 saturated heterocycles. The van der Waals surface area contributed by atoms with E-state index >= 15 is 0 Å². The highest BCUT2D eigenvalue weighted by Gasteiger charge is 2.43. The van der Waals surface area contributed by atoms with Crippen molar-refractivity contribution < 1.29 is 38.1 Å². The SMILES string of the molecule is CC(C)CC1(CCOC(=O)c2c(Cl)c(Cl)cc(Cl)c2OC(=O)C(=O)Oc2c(Cl)cc(Cl)c(Cl)c2C(=O)OCCC2(CC(C)C)CC2)CC1. The molecule has 2 aromatic rings. The van der Waals surface area contributed by atoms with Crippen molar-refractivity contribution in [3.05, 3.63) is 53.4 Å². The quantitative estimate of drug-likeness (QED) is 0.0807. The summed E-state index contributed by atoms with van der Waals surface area (Å²) in [6.07, 6.45) is 7.44. The van der Waals surface area contributed by atoms with Crippen LogP contribution in [-0.4, -0.2) is 37.1 Å². The van der Waals surface area contributed by atoms with Crippen LogP contribution in [0.15, 0.2) is 12.1 Å². The molecule has 2 aliphatic rings. The number of carbonyl (C=O) groups excluding carboxylic acids is 4. The summed E-state index contributed by atoms with van der Waals surface area (Å²) in [5, 5.41) is -1.44. The smallest absolute Gasteiger partial charge is 0.423 e. The van der Waals surface area contributed by atoms with Crippen molar-refractivity contribution in [2.45, 2.75) is 79.1 Å². The molecule has 0 heterocycles. The van der Waals surface area contributed by atoms with Crippen molar-refractivity contribution in [3.63, 3.8) is 0 Å². The topological polar surface area (TPSA) is 105 Å². The maximum absolute atomic E-state index is 13.2. The minimum absolute atomic E-state index is 0.0782. The fourth-order valence-electron chi connectivity index (χ4n) is 6.05. The van der Waals surface area contributed by atoms with Crippen LogP contribution < -0.4 is 9.47 Å². The Bertz CT molecular complexity index is 1480. The normalized spacial score (nSPS) is 15.7. The number of benzene rings is 2. The van der Waals surface area contributed by atoms with E-state index in [2.05, 4.69) is 27.7 Å². The second kappa shape index (κ2) is 15.9. The molecule has 0 aliphatic heterocycles. The van der Waals surface area contributed by atoms with Gasteiger partial charge in [-0.05, 0) is 86.2 Å². The largest absolute Gasteiger partial charge is 0.462 e. The van der Waals surface area contributed by atoms with Crippen molar-refractivity contribution in [3.8, 4) is 11.5 Å². The Hall–Kier alpha value is -1.94. The lowest BCUT2D eigenvalue weighted by molar-refractivity contribution is -0.156. The summed E-state index contributed by atoms with van der Waals surface area (Å²) in [6.45, 7) is 8.68. The van der Waals surface area contributed by atoms with Gasteiger partial charge in [-0.1, -0.05) is 97.3 Å². The van der Waals surface area contributed by atoms with E-state index in [1.807, 2.05) is 0 Å². The summed E-state index contributed by atoms with van der Waals surface area (Å²) in [7, 11) is 0. The maximum atomic E-state index is 13.2. The van der Waals surface area contributed by atoms with Crippen LogP contribution in [0.4, 0.5) is 0 Å². The van der Waals surface area contributed by atoms with Crippen molar-refractivity contribution in [2.75, 3.05) is 13.2 Å². The van der Waals surface area contributed by atoms with E-state index in [0.717, 1.165) is 50.7 Å². The Morgan fingerprint density at radius 2 is 0.938 bits per heavy atom. The van der Waals surface area contributed by atoms with Gasteiger partial charge in [0.25, 0.3) is 0 Å². The molecule has 0 atom stereocenters. The zero-order valence-corrected chi connectivity index (χ0v) is 31.4. The zero-order chi connectivity index (χ0) is 35.6. The summed E-state index contributed by atoms with van der Waals surface area (Å²) < 4.78 is 21.4. The van der Waals surface area contributed by atoms with Crippen molar-refractivity contribution in [1.82, 2.24) is 0 Å². The van der Waals surface area contributed by atoms with E-state index in [4.69, 9.17) is 88.6 Å².